The van der Waals surface area contributed by atoms with Gasteiger partial charge in [-0.1, -0.05) is 32.9 Å². The number of carbonyl (C=O) groups excluding carboxylic acids is 2. The second kappa shape index (κ2) is 6.93. The van der Waals surface area contributed by atoms with Crippen LogP contribution in [0.4, 0.5) is 0 Å². The van der Waals surface area contributed by atoms with E-state index in [4.69, 9.17) is 0 Å². The molecule has 1 aliphatic heterocycles. The molecular formula is C17H24N2O4S. The smallest absolute Gasteiger partial charge is 0.269 e. The van der Waals surface area contributed by atoms with Gasteiger partial charge in [0.2, 0.25) is 5.91 Å². The van der Waals surface area contributed by atoms with Gasteiger partial charge in [-0.25, -0.2) is 8.42 Å². The molecule has 0 unspecified atom stereocenters. The third kappa shape index (κ3) is 5.06. The molecule has 0 radical (unpaired) electrons. The normalized spacial score (nSPS) is 19.7. The molecular weight excluding hydrogens is 328 g/mol. The Labute approximate surface area is 142 Å². The molecule has 1 aromatic rings. The number of nitrogens with one attached hydrogen (secondary N) is 2. The van der Waals surface area contributed by atoms with Crippen LogP contribution in [0.5, 0.6) is 0 Å². The van der Waals surface area contributed by atoms with Crippen molar-refractivity contribution in [3.63, 3.8) is 0 Å². The quantitative estimate of drug-likeness (QED) is 0.808. The molecule has 1 aliphatic rings. The van der Waals surface area contributed by atoms with Gasteiger partial charge in [0.25, 0.3) is 5.91 Å². The maximum absolute atomic E-state index is 12.0. The molecule has 24 heavy (non-hydrogen) atoms. The predicted octanol–water partition coefficient (Wildman–Crippen LogP) is 1.57. The van der Waals surface area contributed by atoms with Crippen LogP contribution in [0.25, 0.3) is 0 Å². The van der Waals surface area contributed by atoms with E-state index in [1.165, 1.54) is 0 Å². The third-order valence-corrected chi connectivity index (χ3v) is 5.97. The number of hydrogen-bond acceptors (Lipinski definition) is 4. The largest absolute Gasteiger partial charge is 0.273 e. The summed E-state index contributed by atoms with van der Waals surface area (Å²) in [6.45, 7) is 6.27. The van der Waals surface area contributed by atoms with Gasteiger partial charge >= 0.3 is 0 Å². The van der Waals surface area contributed by atoms with Gasteiger partial charge in [0.1, 0.15) is 0 Å². The Kier molecular flexibility index (Phi) is 5.32. The summed E-state index contributed by atoms with van der Waals surface area (Å²) in [5.41, 5.74) is 6.28. The van der Waals surface area contributed by atoms with Crippen LogP contribution in [-0.4, -0.2) is 31.7 Å². The van der Waals surface area contributed by atoms with E-state index in [0.717, 1.165) is 5.56 Å². The fraction of sp³-hybridized carbons (Fsp3) is 0.529. The van der Waals surface area contributed by atoms with Crippen molar-refractivity contribution in [3.8, 4) is 0 Å². The molecule has 2 amide bonds. The van der Waals surface area contributed by atoms with Gasteiger partial charge in [-0.15, -0.1) is 0 Å². The molecule has 132 valence electrons. The van der Waals surface area contributed by atoms with E-state index in [1.807, 2.05) is 12.1 Å². The van der Waals surface area contributed by atoms with Crippen molar-refractivity contribution in [2.75, 3.05) is 11.5 Å². The van der Waals surface area contributed by atoms with Gasteiger partial charge < -0.3 is 0 Å². The van der Waals surface area contributed by atoms with Crippen molar-refractivity contribution >= 4 is 21.7 Å². The molecule has 7 heteroatoms. The molecule has 0 aliphatic carbocycles. The van der Waals surface area contributed by atoms with E-state index in [2.05, 4.69) is 31.6 Å². The summed E-state index contributed by atoms with van der Waals surface area (Å²) in [5.74, 6) is -0.766. The van der Waals surface area contributed by atoms with Crippen LogP contribution >= 0.6 is 0 Å². The maximum Gasteiger partial charge on any atom is 0.269 e. The molecule has 6 nitrogen and oxygen atoms in total. The summed E-state index contributed by atoms with van der Waals surface area (Å²) >= 11 is 0. The molecule has 0 spiro atoms. The molecule has 1 fully saturated rings. The Morgan fingerprint density at radius 3 is 2.25 bits per heavy atom. The molecule has 1 heterocycles. The first-order chi connectivity index (χ1) is 11.1. The molecule has 0 saturated carbocycles. The number of hydrogen-bond donors (Lipinski definition) is 2. The van der Waals surface area contributed by atoms with E-state index in [0.29, 0.717) is 12.0 Å². The first-order valence-electron chi connectivity index (χ1n) is 7.97. The van der Waals surface area contributed by atoms with Gasteiger partial charge in [-0.3, -0.25) is 20.4 Å². The van der Waals surface area contributed by atoms with E-state index >= 15 is 0 Å². The van der Waals surface area contributed by atoms with Gasteiger partial charge in [-0.05, 0) is 35.4 Å². The van der Waals surface area contributed by atoms with Crippen molar-refractivity contribution in [1.82, 2.24) is 10.9 Å². The predicted molar refractivity (Wildman–Crippen MR) is 92.1 cm³/mol. The summed E-state index contributed by atoms with van der Waals surface area (Å²) in [6, 6.07) is 7.21. The number of carbonyl (C=O) groups is 2. The zero-order valence-electron chi connectivity index (χ0n) is 14.3. The van der Waals surface area contributed by atoms with Gasteiger partial charge in [-0.2, -0.15) is 0 Å². The van der Waals surface area contributed by atoms with Crippen LogP contribution < -0.4 is 10.9 Å². The number of benzene rings is 1. The Morgan fingerprint density at radius 2 is 1.75 bits per heavy atom. The van der Waals surface area contributed by atoms with Gasteiger partial charge in [0, 0.05) is 12.0 Å². The molecule has 1 saturated heterocycles. The second-order valence-electron chi connectivity index (χ2n) is 7.30. The Bertz CT molecular complexity index is 718. The van der Waals surface area contributed by atoms with E-state index in [1.54, 1.807) is 12.1 Å². The van der Waals surface area contributed by atoms with Crippen LogP contribution in [0.15, 0.2) is 24.3 Å². The average molecular weight is 352 g/mol. The highest BCUT2D eigenvalue weighted by molar-refractivity contribution is 7.91. The summed E-state index contributed by atoms with van der Waals surface area (Å²) in [6.07, 6.45) is 0.598. The Morgan fingerprint density at radius 1 is 1.12 bits per heavy atom. The van der Waals surface area contributed by atoms with Crippen molar-refractivity contribution < 1.29 is 18.0 Å². The third-order valence-electron chi connectivity index (χ3n) is 4.13. The first-order valence-corrected chi connectivity index (χ1v) is 9.79. The fourth-order valence-electron chi connectivity index (χ4n) is 2.67. The standard InChI is InChI=1S/C17H24N2O4S/c1-17(2,3)14-6-4-13(5-7-14)16(21)19-18-15(20)10-12-8-9-24(22,23)11-12/h4-7,12H,8-11H2,1-3H3,(H,18,20)(H,19,21)/t12-/m0/s1. The SMILES string of the molecule is CC(C)(C)c1ccc(C(=O)NNC(=O)C[C@@H]2CCS(=O)(=O)C2)cc1. The topological polar surface area (TPSA) is 92.3 Å². The number of rotatable bonds is 3. The maximum atomic E-state index is 12.0. The minimum atomic E-state index is -3.00. The van der Waals surface area contributed by atoms with Crippen LogP contribution in [0.1, 0.15) is 49.5 Å². The highest BCUT2D eigenvalue weighted by Crippen LogP contribution is 2.22. The van der Waals surface area contributed by atoms with Crippen LogP contribution in [0.3, 0.4) is 0 Å². The van der Waals surface area contributed by atoms with Gasteiger partial charge in [0.15, 0.2) is 9.84 Å². The van der Waals surface area contributed by atoms with Gasteiger partial charge in [0.05, 0.1) is 11.5 Å². The Hall–Kier alpha value is -1.89. The van der Waals surface area contributed by atoms with Crippen molar-refractivity contribution in [2.24, 2.45) is 5.92 Å². The molecule has 2 rings (SSSR count). The second-order valence-corrected chi connectivity index (χ2v) is 9.53. The number of hydrazine groups is 1. The van der Waals surface area contributed by atoms with Crippen molar-refractivity contribution in [2.45, 2.75) is 39.0 Å². The lowest BCUT2D eigenvalue weighted by atomic mass is 9.87. The highest BCUT2D eigenvalue weighted by Gasteiger charge is 2.29. The fourth-order valence-corrected chi connectivity index (χ4v) is 4.53. The van der Waals surface area contributed by atoms with Crippen molar-refractivity contribution in [1.29, 1.82) is 0 Å². The van der Waals surface area contributed by atoms with E-state index < -0.39 is 15.7 Å². The number of amides is 2. The van der Waals surface area contributed by atoms with Crippen LogP contribution in [0.2, 0.25) is 0 Å². The summed E-state index contributed by atoms with van der Waals surface area (Å²) in [5, 5.41) is 0. The van der Waals surface area contributed by atoms with E-state index in [-0.39, 0.29) is 35.2 Å². The lowest BCUT2D eigenvalue weighted by molar-refractivity contribution is -0.122. The summed E-state index contributed by atoms with van der Waals surface area (Å²) in [7, 11) is -3.00. The van der Waals surface area contributed by atoms with Crippen molar-refractivity contribution in [3.05, 3.63) is 35.4 Å². The zero-order valence-corrected chi connectivity index (χ0v) is 15.1. The first kappa shape index (κ1) is 18.4. The minimum absolute atomic E-state index is 0.00480. The molecule has 0 bridgehead atoms. The summed E-state index contributed by atoms with van der Waals surface area (Å²) in [4.78, 5) is 23.8. The molecule has 1 atom stereocenters. The van der Waals surface area contributed by atoms with Crippen LogP contribution in [-0.2, 0) is 20.0 Å². The monoisotopic (exact) mass is 352 g/mol. The highest BCUT2D eigenvalue weighted by atomic mass is 32.2. The average Bonchev–Trinajstić information content (AvgIpc) is 2.83. The lowest BCUT2D eigenvalue weighted by Crippen LogP contribution is -2.42. The molecule has 2 N–H and O–H groups in total. The Balaban J connectivity index is 1.83. The zero-order chi connectivity index (χ0) is 18.0. The lowest BCUT2D eigenvalue weighted by Gasteiger charge is -2.19. The number of sulfone groups is 1. The summed E-state index contributed by atoms with van der Waals surface area (Å²) < 4.78 is 22.7. The molecule has 1 aromatic carbocycles. The minimum Gasteiger partial charge on any atom is -0.273 e. The molecule has 0 aromatic heterocycles. The van der Waals surface area contributed by atoms with Crippen LogP contribution in [0, 0.1) is 5.92 Å². The van der Waals surface area contributed by atoms with E-state index in [9.17, 15) is 18.0 Å².